The van der Waals surface area contributed by atoms with Gasteiger partial charge in [0, 0.05) is 36.8 Å². The van der Waals surface area contributed by atoms with Crippen molar-refractivity contribution in [2.45, 2.75) is 26.4 Å². The molecule has 0 spiro atoms. The van der Waals surface area contributed by atoms with E-state index >= 15 is 0 Å². The summed E-state index contributed by atoms with van der Waals surface area (Å²) in [6.07, 6.45) is 1.73. The summed E-state index contributed by atoms with van der Waals surface area (Å²) in [5, 5.41) is 10.9. The summed E-state index contributed by atoms with van der Waals surface area (Å²) in [5.74, 6) is 0. The molecule has 2 aromatic heterocycles. The SMILES string of the molecule is CC(C)N(CCO)Cc1cc(=O)n2ccsc2n1. The Labute approximate surface area is 109 Å². The number of nitrogens with zero attached hydrogens (tertiary/aromatic N) is 3. The molecule has 0 unspecified atom stereocenters. The van der Waals surface area contributed by atoms with Crippen molar-refractivity contribution in [3.8, 4) is 0 Å². The number of hydrogen-bond acceptors (Lipinski definition) is 5. The molecule has 0 aliphatic carbocycles. The van der Waals surface area contributed by atoms with E-state index < -0.39 is 0 Å². The van der Waals surface area contributed by atoms with Gasteiger partial charge in [0.05, 0.1) is 12.3 Å². The highest BCUT2D eigenvalue weighted by molar-refractivity contribution is 7.15. The zero-order chi connectivity index (χ0) is 13.1. The summed E-state index contributed by atoms with van der Waals surface area (Å²) in [4.78, 5) is 19.1. The van der Waals surface area contributed by atoms with Crippen LogP contribution in [-0.4, -0.2) is 38.6 Å². The third-order valence-electron chi connectivity index (χ3n) is 2.84. The predicted octanol–water partition coefficient (Wildman–Crippen LogP) is 0.959. The number of fused-ring (bicyclic) bond motifs is 1. The first-order valence-electron chi connectivity index (χ1n) is 5.92. The summed E-state index contributed by atoms with van der Waals surface area (Å²) in [6.45, 7) is 5.40. The third-order valence-corrected chi connectivity index (χ3v) is 3.60. The highest BCUT2D eigenvalue weighted by Gasteiger charge is 2.12. The summed E-state index contributed by atoms with van der Waals surface area (Å²) in [7, 11) is 0. The molecule has 0 atom stereocenters. The van der Waals surface area contributed by atoms with E-state index in [0.717, 1.165) is 5.69 Å². The number of thiazole rings is 1. The quantitative estimate of drug-likeness (QED) is 0.876. The fraction of sp³-hybridized carbons (Fsp3) is 0.500. The highest BCUT2D eigenvalue weighted by atomic mass is 32.1. The molecule has 0 radical (unpaired) electrons. The molecule has 0 bridgehead atoms. The van der Waals surface area contributed by atoms with Gasteiger partial charge in [-0.3, -0.25) is 14.1 Å². The van der Waals surface area contributed by atoms with Crippen LogP contribution in [-0.2, 0) is 6.54 Å². The van der Waals surface area contributed by atoms with Crippen molar-refractivity contribution in [1.82, 2.24) is 14.3 Å². The Hall–Kier alpha value is -1.24. The van der Waals surface area contributed by atoms with E-state index in [0.29, 0.717) is 24.1 Å². The first-order valence-corrected chi connectivity index (χ1v) is 6.80. The van der Waals surface area contributed by atoms with Gasteiger partial charge in [-0.25, -0.2) is 4.98 Å². The molecule has 2 heterocycles. The lowest BCUT2D eigenvalue weighted by molar-refractivity contribution is 0.158. The molecule has 0 saturated heterocycles. The lowest BCUT2D eigenvalue weighted by atomic mass is 10.3. The largest absolute Gasteiger partial charge is 0.395 e. The Morgan fingerprint density at radius 2 is 2.33 bits per heavy atom. The first-order chi connectivity index (χ1) is 8.61. The minimum absolute atomic E-state index is 0.0519. The maximum atomic E-state index is 11.8. The van der Waals surface area contributed by atoms with Gasteiger partial charge < -0.3 is 5.11 Å². The van der Waals surface area contributed by atoms with E-state index in [1.807, 2.05) is 5.38 Å². The predicted molar refractivity (Wildman–Crippen MR) is 72.0 cm³/mol. The molecule has 0 aromatic carbocycles. The maximum Gasteiger partial charge on any atom is 0.258 e. The Bertz CT molecular complexity index is 576. The van der Waals surface area contributed by atoms with Crippen LogP contribution >= 0.6 is 11.3 Å². The zero-order valence-corrected chi connectivity index (χ0v) is 11.4. The minimum atomic E-state index is -0.0519. The van der Waals surface area contributed by atoms with Crippen LogP contribution < -0.4 is 5.56 Å². The standard InChI is InChI=1S/C12H17N3O2S/c1-9(2)14(3-5-16)8-10-7-11(17)15-4-6-18-12(15)13-10/h4,6-7,9,16H,3,5,8H2,1-2H3. The van der Waals surface area contributed by atoms with Crippen molar-refractivity contribution in [3.63, 3.8) is 0 Å². The lowest BCUT2D eigenvalue weighted by Gasteiger charge is -2.24. The summed E-state index contributed by atoms with van der Waals surface area (Å²) < 4.78 is 1.54. The fourth-order valence-electron chi connectivity index (χ4n) is 1.83. The van der Waals surface area contributed by atoms with Gasteiger partial charge in [-0.1, -0.05) is 0 Å². The van der Waals surface area contributed by atoms with Gasteiger partial charge in [0.15, 0.2) is 4.96 Å². The first kappa shape index (κ1) is 13.2. The normalized spacial score (nSPS) is 11.8. The smallest absolute Gasteiger partial charge is 0.258 e. The molecule has 0 aliphatic rings. The Morgan fingerprint density at radius 3 is 3.00 bits per heavy atom. The molecule has 18 heavy (non-hydrogen) atoms. The molecule has 2 rings (SSSR count). The van der Waals surface area contributed by atoms with Gasteiger partial charge in [-0.2, -0.15) is 0 Å². The molecule has 0 amide bonds. The molecule has 0 saturated carbocycles. The van der Waals surface area contributed by atoms with Crippen LogP contribution in [0, 0.1) is 0 Å². The molecule has 5 nitrogen and oxygen atoms in total. The van der Waals surface area contributed by atoms with Crippen LogP contribution in [0.15, 0.2) is 22.4 Å². The third kappa shape index (κ3) is 2.77. The van der Waals surface area contributed by atoms with Crippen molar-refractivity contribution >= 4 is 16.3 Å². The van der Waals surface area contributed by atoms with E-state index in [2.05, 4.69) is 23.7 Å². The van der Waals surface area contributed by atoms with Crippen molar-refractivity contribution in [1.29, 1.82) is 0 Å². The van der Waals surface area contributed by atoms with E-state index in [9.17, 15) is 4.79 Å². The molecule has 6 heteroatoms. The number of hydrogen-bond donors (Lipinski definition) is 1. The lowest BCUT2D eigenvalue weighted by Crippen LogP contribution is -2.33. The molecule has 98 valence electrons. The highest BCUT2D eigenvalue weighted by Crippen LogP contribution is 2.09. The van der Waals surface area contributed by atoms with E-state index in [4.69, 9.17) is 5.11 Å². The fourth-order valence-corrected chi connectivity index (χ4v) is 2.56. The molecular formula is C12H17N3O2S. The van der Waals surface area contributed by atoms with Crippen molar-refractivity contribution < 1.29 is 5.11 Å². The Balaban J connectivity index is 2.27. The second-order valence-corrected chi connectivity index (χ2v) is 5.30. The Morgan fingerprint density at radius 1 is 1.56 bits per heavy atom. The maximum absolute atomic E-state index is 11.8. The molecule has 0 aliphatic heterocycles. The van der Waals surface area contributed by atoms with E-state index in [-0.39, 0.29) is 12.2 Å². The van der Waals surface area contributed by atoms with Gasteiger partial charge in [0.25, 0.3) is 5.56 Å². The minimum Gasteiger partial charge on any atom is -0.395 e. The summed E-state index contributed by atoms with van der Waals surface area (Å²) in [6, 6.07) is 1.87. The Kier molecular flexibility index (Phi) is 4.11. The van der Waals surface area contributed by atoms with Crippen LogP contribution in [0.4, 0.5) is 0 Å². The molecule has 1 N–H and O–H groups in total. The average Bonchev–Trinajstić information content (AvgIpc) is 2.77. The van der Waals surface area contributed by atoms with Gasteiger partial charge >= 0.3 is 0 Å². The van der Waals surface area contributed by atoms with Crippen LogP contribution in [0.3, 0.4) is 0 Å². The van der Waals surface area contributed by atoms with Crippen molar-refractivity contribution in [2.75, 3.05) is 13.2 Å². The van der Waals surface area contributed by atoms with Crippen molar-refractivity contribution in [2.24, 2.45) is 0 Å². The second kappa shape index (κ2) is 5.60. The summed E-state index contributed by atoms with van der Waals surface area (Å²) >= 11 is 1.45. The number of aromatic nitrogens is 2. The monoisotopic (exact) mass is 267 g/mol. The second-order valence-electron chi connectivity index (χ2n) is 4.43. The van der Waals surface area contributed by atoms with Gasteiger partial charge in [0.2, 0.25) is 0 Å². The molecule has 0 fully saturated rings. The molecular weight excluding hydrogens is 250 g/mol. The van der Waals surface area contributed by atoms with E-state index in [1.54, 1.807) is 16.7 Å². The molecule has 2 aromatic rings. The van der Waals surface area contributed by atoms with Crippen molar-refractivity contribution in [3.05, 3.63) is 33.7 Å². The van der Waals surface area contributed by atoms with Gasteiger partial charge in [0.1, 0.15) is 0 Å². The topological polar surface area (TPSA) is 57.8 Å². The van der Waals surface area contributed by atoms with Crippen LogP contribution in [0.2, 0.25) is 0 Å². The van der Waals surface area contributed by atoms with Crippen LogP contribution in [0.5, 0.6) is 0 Å². The van der Waals surface area contributed by atoms with Gasteiger partial charge in [-0.05, 0) is 13.8 Å². The van der Waals surface area contributed by atoms with E-state index in [1.165, 1.54) is 11.3 Å². The number of aliphatic hydroxyl groups excluding tert-OH is 1. The average molecular weight is 267 g/mol. The zero-order valence-electron chi connectivity index (χ0n) is 10.5. The number of rotatable bonds is 5. The van der Waals surface area contributed by atoms with Crippen LogP contribution in [0.1, 0.15) is 19.5 Å². The van der Waals surface area contributed by atoms with Gasteiger partial charge in [-0.15, -0.1) is 11.3 Å². The van der Waals surface area contributed by atoms with Crippen LogP contribution in [0.25, 0.3) is 4.96 Å². The summed E-state index contributed by atoms with van der Waals surface area (Å²) in [5.41, 5.74) is 0.702. The number of aliphatic hydroxyl groups is 1.